The van der Waals surface area contributed by atoms with Gasteiger partial charge in [-0.1, -0.05) is 28.1 Å². The number of hydrogen-bond donors (Lipinski definition) is 1. The van der Waals surface area contributed by atoms with Gasteiger partial charge in [0, 0.05) is 22.4 Å². The smallest absolute Gasteiger partial charge is 0.115 e. The van der Waals surface area contributed by atoms with Crippen molar-refractivity contribution in [2.45, 2.75) is 12.5 Å². The summed E-state index contributed by atoms with van der Waals surface area (Å²) in [5.41, 5.74) is 0.421. The molecule has 1 atom stereocenters. The van der Waals surface area contributed by atoms with Crippen LogP contribution in [0.3, 0.4) is 0 Å². The Morgan fingerprint density at radius 3 is 2.19 bits per heavy atom. The van der Waals surface area contributed by atoms with Gasteiger partial charge < -0.3 is 5.11 Å². The predicted molar refractivity (Wildman–Crippen MR) is 64.8 cm³/mol. The van der Waals surface area contributed by atoms with Gasteiger partial charge in [-0.2, -0.15) is 0 Å². The molecule has 3 nitrogen and oxygen atoms in total. The summed E-state index contributed by atoms with van der Waals surface area (Å²) in [6.45, 7) is 1.73. The van der Waals surface area contributed by atoms with E-state index < -0.39 is 5.60 Å². The molecule has 0 amide bonds. The molecule has 2 aromatic rings. The van der Waals surface area contributed by atoms with E-state index in [9.17, 15) is 5.11 Å². The maximum atomic E-state index is 10.5. The van der Waals surface area contributed by atoms with Crippen molar-refractivity contribution in [1.29, 1.82) is 0 Å². The van der Waals surface area contributed by atoms with Crippen LogP contribution in [0.5, 0.6) is 0 Å². The SMILES string of the molecule is CC(O)(c1ccc(Br)cc1)c1cncnc1. The summed E-state index contributed by atoms with van der Waals surface area (Å²) in [7, 11) is 0. The zero-order valence-corrected chi connectivity index (χ0v) is 10.3. The van der Waals surface area contributed by atoms with Crippen molar-refractivity contribution >= 4 is 15.9 Å². The summed E-state index contributed by atoms with van der Waals surface area (Å²) in [6, 6.07) is 7.54. The predicted octanol–water partition coefficient (Wildman–Crippen LogP) is 2.49. The highest BCUT2D eigenvalue weighted by Gasteiger charge is 2.25. The number of aromatic nitrogens is 2. The third-order valence-electron chi connectivity index (χ3n) is 2.53. The maximum Gasteiger partial charge on any atom is 0.115 e. The number of nitrogens with zero attached hydrogens (tertiary/aromatic N) is 2. The lowest BCUT2D eigenvalue weighted by Crippen LogP contribution is -2.23. The Kier molecular flexibility index (Phi) is 3.03. The summed E-state index contributed by atoms with van der Waals surface area (Å²) < 4.78 is 0.983. The second-order valence-electron chi connectivity index (χ2n) is 3.71. The molecule has 1 aromatic heterocycles. The minimum absolute atomic E-state index is 0.678. The average Bonchev–Trinajstić information content (AvgIpc) is 2.31. The molecule has 2 rings (SSSR count). The van der Waals surface area contributed by atoms with Crippen LogP contribution in [0.2, 0.25) is 0 Å². The summed E-state index contributed by atoms with van der Waals surface area (Å²) in [6.07, 6.45) is 4.69. The van der Waals surface area contributed by atoms with Gasteiger partial charge in [0.15, 0.2) is 0 Å². The fourth-order valence-electron chi connectivity index (χ4n) is 1.49. The Hall–Kier alpha value is -1.26. The molecule has 1 aromatic carbocycles. The first-order valence-corrected chi connectivity index (χ1v) is 5.64. The molecule has 0 radical (unpaired) electrons. The first-order valence-electron chi connectivity index (χ1n) is 4.84. The number of hydrogen-bond acceptors (Lipinski definition) is 3. The second-order valence-corrected chi connectivity index (χ2v) is 4.62. The van der Waals surface area contributed by atoms with Crippen LogP contribution in [0.4, 0.5) is 0 Å². The summed E-state index contributed by atoms with van der Waals surface area (Å²) >= 11 is 3.36. The van der Waals surface area contributed by atoms with Crippen LogP contribution >= 0.6 is 15.9 Å². The zero-order chi connectivity index (χ0) is 11.6. The van der Waals surface area contributed by atoms with E-state index in [1.165, 1.54) is 6.33 Å². The summed E-state index contributed by atoms with van der Waals surface area (Å²) in [5.74, 6) is 0. The van der Waals surface area contributed by atoms with E-state index >= 15 is 0 Å². The molecular weight excluding hydrogens is 268 g/mol. The van der Waals surface area contributed by atoms with E-state index in [1.54, 1.807) is 19.3 Å². The van der Waals surface area contributed by atoms with Crippen LogP contribution in [-0.2, 0) is 5.60 Å². The maximum absolute atomic E-state index is 10.5. The Morgan fingerprint density at radius 1 is 1.06 bits per heavy atom. The number of halogens is 1. The standard InChI is InChI=1S/C12H11BrN2O/c1-12(16,10-6-14-8-15-7-10)9-2-4-11(13)5-3-9/h2-8,16H,1H3. The highest BCUT2D eigenvalue weighted by Crippen LogP contribution is 2.28. The Morgan fingerprint density at radius 2 is 1.62 bits per heavy atom. The first-order chi connectivity index (χ1) is 7.60. The fourth-order valence-corrected chi connectivity index (χ4v) is 1.76. The number of rotatable bonds is 2. The van der Waals surface area contributed by atoms with E-state index in [2.05, 4.69) is 25.9 Å². The topological polar surface area (TPSA) is 46.0 Å². The van der Waals surface area contributed by atoms with Gasteiger partial charge >= 0.3 is 0 Å². The Labute approximate surface area is 102 Å². The molecule has 4 heteroatoms. The molecule has 0 bridgehead atoms. The van der Waals surface area contributed by atoms with Gasteiger partial charge in [0.05, 0.1) is 0 Å². The molecular formula is C12H11BrN2O. The van der Waals surface area contributed by atoms with Crippen molar-refractivity contribution in [3.05, 3.63) is 58.6 Å². The quantitative estimate of drug-likeness (QED) is 0.918. The average molecular weight is 279 g/mol. The van der Waals surface area contributed by atoms with Gasteiger partial charge in [-0.25, -0.2) is 9.97 Å². The first kappa shape index (κ1) is 11.2. The molecule has 0 fully saturated rings. The van der Waals surface area contributed by atoms with Crippen molar-refractivity contribution < 1.29 is 5.11 Å². The molecule has 0 aliphatic rings. The van der Waals surface area contributed by atoms with Gasteiger partial charge in [0.25, 0.3) is 0 Å². The molecule has 0 spiro atoms. The van der Waals surface area contributed by atoms with Gasteiger partial charge in [0.1, 0.15) is 11.9 Å². The lowest BCUT2D eigenvalue weighted by molar-refractivity contribution is 0.101. The fraction of sp³-hybridized carbons (Fsp3) is 0.167. The van der Waals surface area contributed by atoms with E-state index in [0.717, 1.165) is 10.0 Å². The van der Waals surface area contributed by atoms with Crippen molar-refractivity contribution in [2.24, 2.45) is 0 Å². The monoisotopic (exact) mass is 278 g/mol. The van der Waals surface area contributed by atoms with Crippen molar-refractivity contribution in [2.75, 3.05) is 0 Å². The van der Waals surface area contributed by atoms with Gasteiger partial charge in [-0.15, -0.1) is 0 Å². The summed E-state index contributed by atoms with van der Waals surface area (Å²) in [4.78, 5) is 7.83. The Bertz CT molecular complexity index is 468. The normalized spacial score (nSPS) is 14.4. The van der Waals surface area contributed by atoms with Crippen molar-refractivity contribution in [1.82, 2.24) is 9.97 Å². The van der Waals surface area contributed by atoms with Gasteiger partial charge in [0.2, 0.25) is 0 Å². The minimum atomic E-state index is -1.07. The van der Waals surface area contributed by atoms with E-state index in [-0.39, 0.29) is 0 Å². The third-order valence-corrected chi connectivity index (χ3v) is 3.06. The molecule has 16 heavy (non-hydrogen) atoms. The zero-order valence-electron chi connectivity index (χ0n) is 8.76. The second kappa shape index (κ2) is 4.31. The van der Waals surface area contributed by atoms with Crippen LogP contribution in [0.1, 0.15) is 18.1 Å². The van der Waals surface area contributed by atoms with Crippen molar-refractivity contribution in [3.8, 4) is 0 Å². The lowest BCUT2D eigenvalue weighted by atomic mass is 9.90. The molecule has 0 saturated carbocycles. The largest absolute Gasteiger partial charge is 0.381 e. The molecule has 1 unspecified atom stereocenters. The van der Waals surface area contributed by atoms with Gasteiger partial charge in [-0.05, 0) is 24.6 Å². The van der Waals surface area contributed by atoms with E-state index in [0.29, 0.717) is 5.56 Å². The van der Waals surface area contributed by atoms with Crippen LogP contribution < -0.4 is 0 Å². The lowest BCUT2D eigenvalue weighted by Gasteiger charge is -2.23. The van der Waals surface area contributed by atoms with Crippen LogP contribution in [0.15, 0.2) is 47.5 Å². The van der Waals surface area contributed by atoms with Crippen LogP contribution in [-0.4, -0.2) is 15.1 Å². The summed E-state index contributed by atoms with van der Waals surface area (Å²) in [5, 5.41) is 10.5. The van der Waals surface area contributed by atoms with Crippen molar-refractivity contribution in [3.63, 3.8) is 0 Å². The number of aliphatic hydroxyl groups is 1. The third kappa shape index (κ3) is 2.13. The molecule has 1 heterocycles. The van der Waals surface area contributed by atoms with Gasteiger partial charge in [-0.3, -0.25) is 0 Å². The van der Waals surface area contributed by atoms with E-state index in [4.69, 9.17) is 0 Å². The number of benzene rings is 1. The Balaban J connectivity index is 2.43. The highest BCUT2D eigenvalue weighted by atomic mass is 79.9. The molecule has 0 aliphatic heterocycles. The molecule has 0 aliphatic carbocycles. The highest BCUT2D eigenvalue weighted by molar-refractivity contribution is 9.10. The van der Waals surface area contributed by atoms with E-state index in [1.807, 2.05) is 24.3 Å². The molecule has 82 valence electrons. The van der Waals surface area contributed by atoms with Crippen LogP contribution in [0, 0.1) is 0 Å². The minimum Gasteiger partial charge on any atom is -0.381 e. The van der Waals surface area contributed by atoms with Crippen LogP contribution in [0.25, 0.3) is 0 Å². The molecule has 0 saturated heterocycles. The molecule has 1 N–H and O–H groups in total.